The Morgan fingerprint density at radius 2 is 2.12 bits per heavy atom. The first-order chi connectivity index (χ1) is 15.5. The number of benzene rings is 1. The monoisotopic (exact) mass is 452 g/mol. The van der Waals surface area contributed by atoms with Gasteiger partial charge in [-0.15, -0.1) is 0 Å². The number of carbonyl (C=O) groups is 1. The fourth-order valence-electron chi connectivity index (χ4n) is 3.68. The highest BCUT2D eigenvalue weighted by Crippen LogP contribution is 2.24. The van der Waals surface area contributed by atoms with E-state index in [0.717, 1.165) is 49.7 Å². The molecular weight excluding hydrogens is 428 g/mol. The first-order valence-electron chi connectivity index (χ1n) is 10.5. The second kappa shape index (κ2) is 9.96. The van der Waals surface area contributed by atoms with E-state index in [1.165, 1.54) is 0 Å². The average molecular weight is 453 g/mol. The summed E-state index contributed by atoms with van der Waals surface area (Å²) in [5, 5.41) is 27.4. The smallest absolute Gasteiger partial charge is 0.272 e. The zero-order chi connectivity index (χ0) is 22.5. The number of amides is 1. The Morgan fingerprint density at radius 3 is 2.88 bits per heavy atom. The molecule has 1 atom stereocenters. The van der Waals surface area contributed by atoms with Crippen molar-refractivity contribution in [2.75, 3.05) is 26.2 Å². The Labute approximate surface area is 191 Å². The van der Waals surface area contributed by atoms with Crippen LogP contribution in [0.15, 0.2) is 36.5 Å². The molecular formula is C22H25ClN8O. The van der Waals surface area contributed by atoms with E-state index in [9.17, 15) is 4.79 Å². The van der Waals surface area contributed by atoms with Gasteiger partial charge in [0, 0.05) is 50.5 Å². The van der Waals surface area contributed by atoms with Crippen molar-refractivity contribution >= 4 is 17.5 Å². The predicted octanol–water partition coefficient (Wildman–Crippen LogP) is 2.02. The topological polar surface area (TPSA) is 115 Å². The Balaban J connectivity index is 1.32. The number of aromatic nitrogens is 4. The zero-order valence-electron chi connectivity index (χ0n) is 17.8. The standard InChI is InChI=1S/C22H25ClN8O/c1-15(13-31-7-4-20(29-31)16-2-3-17(12-24)19(23)10-16)26-22(32)21-11-18(27-28-21)14-30-8-5-25-6-9-30/h2-4,7,10-11,15,25H,5-6,8-9,13-14H2,1H3,(H,26,32)(H,27,28)/t15-/m1/s1. The number of aromatic amines is 1. The first-order valence-corrected chi connectivity index (χ1v) is 10.9. The van der Waals surface area contributed by atoms with Crippen LogP contribution in [0.2, 0.25) is 5.02 Å². The van der Waals surface area contributed by atoms with E-state index in [2.05, 4.69) is 30.8 Å². The molecule has 1 aliphatic rings. The summed E-state index contributed by atoms with van der Waals surface area (Å²) in [5.74, 6) is -0.216. The third kappa shape index (κ3) is 5.34. The van der Waals surface area contributed by atoms with Crippen LogP contribution in [-0.4, -0.2) is 63.0 Å². The summed E-state index contributed by atoms with van der Waals surface area (Å²) in [6.07, 6.45) is 1.85. The summed E-state index contributed by atoms with van der Waals surface area (Å²) < 4.78 is 1.77. The fourth-order valence-corrected chi connectivity index (χ4v) is 3.90. The molecule has 2 aromatic heterocycles. The maximum atomic E-state index is 12.6. The van der Waals surface area contributed by atoms with Crippen molar-refractivity contribution in [2.24, 2.45) is 0 Å². The van der Waals surface area contributed by atoms with Crippen LogP contribution in [-0.2, 0) is 13.1 Å². The van der Waals surface area contributed by atoms with E-state index in [4.69, 9.17) is 16.9 Å². The number of rotatable bonds is 7. The molecule has 1 aliphatic heterocycles. The SMILES string of the molecule is C[C@H](Cn1ccc(-c2ccc(C#N)c(Cl)c2)n1)NC(=O)c1cc(CN2CCNCC2)[nH]n1. The molecule has 0 spiro atoms. The van der Waals surface area contributed by atoms with Gasteiger partial charge in [0.1, 0.15) is 11.8 Å². The molecule has 1 saturated heterocycles. The third-order valence-corrected chi connectivity index (χ3v) is 5.64. The number of nitriles is 1. The Bertz CT molecular complexity index is 1130. The summed E-state index contributed by atoms with van der Waals surface area (Å²) in [6.45, 7) is 7.11. The quantitative estimate of drug-likeness (QED) is 0.505. The molecule has 1 fully saturated rings. The highest BCUT2D eigenvalue weighted by molar-refractivity contribution is 6.32. The summed E-state index contributed by atoms with van der Waals surface area (Å²) >= 11 is 6.12. The van der Waals surface area contributed by atoms with Gasteiger partial charge in [-0.2, -0.15) is 15.5 Å². The summed E-state index contributed by atoms with van der Waals surface area (Å²) in [7, 11) is 0. The van der Waals surface area contributed by atoms with Gasteiger partial charge in [0.05, 0.1) is 28.5 Å². The van der Waals surface area contributed by atoms with Crippen molar-refractivity contribution in [1.29, 1.82) is 5.26 Å². The van der Waals surface area contributed by atoms with Crippen molar-refractivity contribution in [3.8, 4) is 17.3 Å². The van der Waals surface area contributed by atoms with E-state index < -0.39 is 0 Å². The predicted molar refractivity (Wildman–Crippen MR) is 121 cm³/mol. The van der Waals surface area contributed by atoms with Crippen molar-refractivity contribution in [2.45, 2.75) is 26.1 Å². The number of halogens is 1. The molecule has 0 aliphatic carbocycles. The molecule has 3 aromatic rings. The zero-order valence-corrected chi connectivity index (χ0v) is 18.6. The van der Waals surface area contributed by atoms with Crippen molar-refractivity contribution in [3.63, 3.8) is 0 Å². The first kappa shape index (κ1) is 22.0. The van der Waals surface area contributed by atoms with E-state index >= 15 is 0 Å². The highest BCUT2D eigenvalue weighted by Gasteiger charge is 2.16. The molecule has 10 heteroatoms. The number of H-pyrrole nitrogens is 1. The van der Waals surface area contributed by atoms with Crippen LogP contribution in [0.25, 0.3) is 11.3 Å². The maximum absolute atomic E-state index is 12.6. The maximum Gasteiger partial charge on any atom is 0.272 e. The molecule has 32 heavy (non-hydrogen) atoms. The Hall–Kier alpha value is -3.19. The summed E-state index contributed by atoms with van der Waals surface area (Å²) in [6, 6.07) is 10.8. The number of nitrogens with zero attached hydrogens (tertiary/aromatic N) is 5. The molecule has 166 valence electrons. The van der Waals surface area contributed by atoms with Crippen LogP contribution in [0.1, 0.15) is 28.7 Å². The van der Waals surface area contributed by atoms with Gasteiger partial charge >= 0.3 is 0 Å². The van der Waals surface area contributed by atoms with Crippen LogP contribution in [0, 0.1) is 11.3 Å². The van der Waals surface area contributed by atoms with Gasteiger partial charge in [0.15, 0.2) is 0 Å². The number of hydrogen-bond donors (Lipinski definition) is 3. The van der Waals surface area contributed by atoms with Crippen molar-refractivity contribution in [1.82, 2.24) is 35.5 Å². The van der Waals surface area contributed by atoms with Crippen LogP contribution in [0.3, 0.4) is 0 Å². The molecule has 0 radical (unpaired) electrons. The number of piperazine rings is 1. The van der Waals surface area contributed by atoms with Crippen LogP contribution in [0.5, 0.6) is 0 Å². The van der Waals surface area contributed by atoms with Crippen molar-refractivity contribution < 1.29 is 4.79 Å². The minimum atomic E-state index is -0.216. The van der Waals surface area contributed by atoms with E-state index in [-0.39, 0.29) is 11.9 Å². The van der Waals surface area contributed by atoms with Crippen LogP contribution < -0.4 is 10.6 Å². The molecule has 4 rings (SSSR count). The average Bonchev–Trinajstić information content (AvgIpc) is 3.44. The summed E-state index contributed by atoms with van der Waals surface area (Å²) in [4.78, 5) is 14.9. The Morgan fingerprint density at radius 1 is 1.31 bits per heavy atom. The largest absolute Gasteiger partial charge is 0.346 e. The molecule has 0 unspecified atom stereocenters. The molecule has 0 saturated carbocycles. The lowest BCUT2D eigenvalue weighted by Crippen LogP contribution is -2.42. The number of nitrogens with one attached hydrogen (secondary N) is 3. The minimum absolute atomic E-state index is 0.145. The van der Waals surface area contributed by atoms with Crippen LogP contribution in [0.4, 0.5) is 0 Å². The lowest BCUT2D eigenvalue weighted by Gasteiger charge is -2.26. The molecule has 3 N–H and O–H groups in total. The van der Waals surface area contributed by atoms with E-state index in [0.29, 0.717) is 22.8 Å². The normalized spacial score (nSPS) is 15.3. The van der Waals surface area contributed by atoms with E-state index in [1.807, 2.05) is 37.4 Å². The number of carbonyl (C=O) groups excluding carboxylic acids is 1. The molecule has 1 amide bonds. The molecule has 1 aromatic carbocycles. The Kier molecular flexibility index (Phi) is 6.85. The van der Waals surface area contributed by atoms with Crippen LogP contribution >= 0.6 is 11.6 Å². The van der Waals surface area contributed by atoms with Gasteiger partial charge in [0.25, 0.3) is 5.91 Å². The van der Waals surface area contributed by atoms with Gasteiger partial charge < -0.3 is 10.6 Å². The molecule has 3 heterocycles. The third-order valence-electron chi connectivity index (χ3n) is 5.33. The van der Waals surface area contributed by atoms with Gasteiger partial charge in [-0.05, 0) is 31.2 Å². The lowest BCUT2D eigenvalue weighted by atomic mass is 10.1. The summed E-state index contributed by atoms with van der Waals surface area (Å²) in [5.41, 5.74) is 3.33. The molecule has 9 nitrogen and oxygen atoms in total. The second-order valence-electron chi connectivity index (χ2n) is 7.91. The second-order valence-corrected chi connectivity index (χ2v) is 8.32. The molecule has 0 bridgehead atoms. The lowest BCUT2D eigenvalue weighted by molar-refractivity contribution is 0.0931. The number of hydrogen-bond acceptors (Lipinski definition) is 6. The van der Waals surface area contributed by atoms with Crippen molar-refractivity contribution in [3.05, 3.63) is 58.5 Å². The van der Waals surface area contributed by atoms with Gasteiger partial charge in [-0.1, -0.05) is 17.7 Å². The van der Waals surface area contributed by atoms with Gasteiger partial charge in [-0.3, -0.25) is 19.5 Å². The van der Waals surface area contributed by atoms with Gasteiger partial charge in [-0.25, -0.2) is 0 Å². The van der Waals surface area contributed by atoms with E-state index in [1.54, 1.807) is 16.8 Å². The fraction of sp³-hybridized carbons (Fsp3) is 0.364. The van der Waals surface area contributed by atoms with Gasteiger partial charge in [0.2, 0.25) is 0 Å². The minimum Gasteiger partial charge on any atom is -0.346 e. The highest BCUT2D eigenvalue weighted by atomic mass is 35.5.